The third kappa shape index (κ3) is 6.52. The highest BCUT2D eigenvalue weighted by Crippen LogP contribution is 2.06. The standard InChI is InChI=1S/C20H27N3O/c1-22(2)14-19-11-9-17(10-12-19)13-21-20(24)16-23(3)15-18-7-5-4-6-8-18/h4-12H,13-16H2,1-3H3,(H,21,24). The largest absolute Gasteiger partial charge is 0.351 e. The summed E-state index contributed by atoms with van der Waals surface area (Å²) in [7, 11) is 6.07. The van der Waals surface area contributed by atoms with Gasteiger partial charge in [0.15, 0.2) is 0 Å². The Labute approximate surface area is 145 Å². The fourth-order valence-corrected chi connectivity index (χ4v) is 2.58. The van der Waals surface area contributed by atoms with Crippen LogP contribution in [0, 0.1) is 0 Å². The number of hydrogen-bond acceptors (Lipinski definition) is 3. The zero-order chi connectivity index (χ0) is 17.4. The lowest BCUT2D eigenvalue weighted by molar-refractivity contribution is -0.122. The molecule has 24 heavy (non-hydrogen) atoms. The van der Waals surface area contributed by atoms with Gasteiger partial charge in [0.25, 0.3) is 0 Å². The van der Waals surface area contributed by atoms with Crippen molar-refractivity contribution in [3.63, 3.8) is 0 Å². The van der Waals surface area contributed by atoms with E-state index in [1.54, 1.807) is 0 Å². The maximum absolute atomic E-state index is 12.1. The Kier molecular flexibility index (Phi) is 6.97. The molecule has 1 amide bonds. The second kappa shape index (κ2) is 9.21. The van der Waals surface area contributed by atoms with Crippen molar-refractivity contribution in [1.29, 1.82) is 0 Å². The molecule has 0 fully saturated rings. The molecule has 4 nitrogen and oxygen atoms in total. The first-order chi connectivity index (χ1) is 11.5. The first-order valence-electron chi connectivity index (χ1n) is 8.24. The van der Waals surface area contributed by atoms with Gasteiger partial charge in [-0.15, -0.1) is 0 Å². The molecule has 0 saturated carbocycles. The molecule has 0 unspecified atom stereocenters. The van der Waals surface area contributed by atoms with E-state index in [1.165, 1.54) is 11.1 Å². The van der Waals surface area contributed by atoms with Gasteiger partial charge in [-0.2, -0.15) is 0 Å². The molecule has 0 aliphatic heterocycles. The Morgan fingerprint density at radius 2 is 1.42 bits per heavy atom. The van der Waals surface area contributed by atoms with Crippen LogP contribution in [0.4, 0.5) is 0 Å². The van der Waals surface area contributed by atoms with Crippen molar-refractivity contribution >= 4 is 5.91 Å². The second-order valence-corrected chi connectivity index (χ2v) is 6.49. The molecule has 0 bridgehead atoms. The van der Waals surface area contributed by atoms with E-state index in [2.05, 4.69) is 60.7 Å². The number of carbonyl (C=O) groups excluding carboxylic acids is 1. The fourth-order valence-electron chi connectivity index (χ4n) is 2.58. The van der Waals surface area contributed by atoms with Crippen LogP contribution < -0.4 is 5.32 Å². The summed E-state index contributed by atoms with van der Waals surface area (Å²) >= 11 is 0. The Balaban J connectivity index is 1.74. The smallest absolute Gasteiger partial charge is 0.234 e. The van der Waals surface area contributed by atoms with Crippen molar-refractivity contribution in [2.75, 3.05) is 27.7 Å². The van der Waals surface area contributed by atoms with Gasteiger partial charge in [0.1, 0.15) is 0 Å². The van der Waals surface area contributed by atoms with Gasteiger partial charge in [0.05, 0.1) is 6.54 Å². The molecule has 0 heterocycles. The van der Waals surface area contributed by atoms with Crippen LogP contribution in [0.2, 0.25) is 0 Å². The van der Waals surface area contributed by atoms with Crippen LogP contribution in [0.25, 0.3) is 0 Å². The van der Waals surface area contributed by atoms with E-state index in [9.17, 15) is 4.79 Å². The minimum atomic E-state index is 0.0470. The van der Waals surface area contributed by atoms with Gasteiger partial charge < -0.3 is 10.2 Å². The number of amides is 1. The number of likely N-dealkylation sites (N-methyl/N-ethyl adjacent to an activating group) is 1. The highest BCUT2D eigenvalue weighted by atomic mass is 16.2. The highest BCUT2D eigenvalue weighted by Gasteiger charge is 2.07. The van der Waals surface area contributed by atoms with Crippen molar-refractivity contribution < 1.29 is 4.79 Å². The van der Waals surface area contributed by atoms with E-state index < -0.39 is 0 Å². The van der Waals surface area contributed by atoms with E-state index in [0.29, 0.717) is 13.1 Å². The molecule has 128 valence electrons. The van der Waals surface area contributed by atoms with Crippen molar-refractivity contribution in [3.8, 4) is 0 Å². The van der Waals surface area contributed by atoms with Crippen LogP contribution in [0.1, 0.15) is 16.7 Å². The SMILES string of the molecule is CN(C)Cc1ccc(CNC(=O)CN(C)Cc2ccccc2)cc1. The Morgan fingerprint density at radius 1 is 0.833 bits per heavy atom. The number of hydrogen-bond donors (Lipinski definition) is 1. The molecule has 0 atom stereocenters. The van der Waals surface area contributed by atoms with Crippen molar-refractivity contribution in [2.24, 2.45) is 0 Å². The first kappa shape index (κ1) is 18.2. The molecule has 1 N–H and O–H groups in total. The monoisotopic (exact) mass is 325 g/mol. The van der Waals surface area contributed by atoms with Gasteiger partial charge in [0, 0.05) is 19.6 Å². The number of benzene rings is 2. The van der Waals surface area contributed by atoms with Gasteiger partial charge >= 0.3 is 0 Å². The molecule has 2 rings (SSSR count). The number of rotatable bonds is 8. The zero-order valence-corrected chi connectivity index (χ0v) is 14.8. The molecule has 0 aliphatic carbocycles. The normalized spacial score (nSPS) is 11.0. The number of nitrogens with zero attached hydrogens (tertiary/aromatic N) is 2. The third-order valence-corrected chi connectivity index (χ3v) is 3.72. The molecule has 2 aromatic carbocycles. The average Bonchev–Trinajstić information content (AvgIpc) is 2.54. The zero-order valence-electron chi connectivity index (χ0n) is 14.8. The topological polar surface area (TPSA) is 35.6 Å². The predicted molar refractivity (Wildman–Crippen MR) is 98.5 cm³/mol. The van der Waals surface area contributed by atoms with Gasteiger partial charge in [-0.1, -0.05) is 54.6 Å². The summed E-state index contributed by atoms with van der Waals surface area (Å²) in [5.74, 6) is 0.0470. The Hall–Kier alpha value is -2.17. The Morgan fingerprint density at radius 3 is 2.04 bits per heavy atom. The van der Waals surface area contributed by atoms with Gasteiger partial charge in [-0.3, -0.25) is 9.69 Å². The van der Waals surface area contributed by atoms with Crippen molar-refractivity contribution in [2.45, 2.75) is 19.6 Å². The molecule has 2 aromatic rings. The minimum Gasteiger partial charge on any atom is -0.351 e. The van der Waals surface area contributed by atoms with Crippen LogP contribution in [-0.2, 0) is 24.4 Å². The summed E-state index contributed by atoms with van der Waals surface area (Å²) in [5.41, 5.74) is 3.61. The van der Waals surface area contributed by atoms with Crippen molar-refractivity contribution in [3.05, 3.63) is 71.3 Å². The average molecular weight is 325 g/mol. The highest BCUT2D eigenvalue weighted by molar-refractivity contribution is 5.77. The minimum absolute atomic E-state index is 0.0470. The lowest BCUT2D eigenvalue weighted by Crippen LogP contribution is -2.34. The van der Waals surface area contributed by atoms with E-state index >= 15 is 0 Å². The lowest BCUT2D eigenvalue weighted by atomic mass is 10.1. The van der Waals surface area contributed by atoms with Crippen LogP contribution >= 0.6 is 0 Å². The molecule has 0 aromatic heterocycles. The quantitative estimate of drug-likeness (QED) is 0.810. The molecule has 0 aliphatic rings. The summed E-state index contributed by atoms with van der Waals surface area (Å²) in [6, 6.07) is 18.6. The van der Waals surface area contributed by atoms with E-state index in [0.717, 1.165) is 18.7 Å². The number of nitrogens with one attached hydrogen (secondary N) is 1. The van der Waals surface area contributed by atoms with Crippen LogP contribution in [0.5, 0.6) is 0 Å². The van der Waals surface area contributed by atoms with Crippen LogP contribution in [0.15, 0.2) is 54.6 Å². The van der Waals surface area contributed by atoms with Gasteiger partial charge in [0.2, 0.25) is 5.91 Å². The summed E-state index contributed by atoms with van der Waals surface area (Å²) < 4.78 is 0. The molecule has 0 radical (unpaired) electrons. The van der Waals surface area contributed by atoms with Crippen LogP contribution in [0.3, 0.4) is 0 Å². The molecular weight excluding hydrogens is 298 g/mol. The second-order valence-electron chi connectivity index (χ2n) is 6.49. The molecule has 0 saturated heterocycles. The third-order valence-electron chi connectivity index (χ3n) is 3.72. The van der Waals surface area contributed by atoms with E-state index in [4.69, 9.17) is 0 Å². The predicted octanol–water partition coefficient (Wildman–Crippen LogP) is 2.50. The maximum Gasteiger partial charge on any atom is 0.234 e. The summed E-state index contributed by atoms with van der Waals surface area (Å²) in [6.45, 7) is 2.66. The summed E-state index contributed by atoms with van der Waals surface area (Å²) in [6.07, 6.45) is 0. The molecule has 4 heteroatoms. The van der Waals surface area contributed by atoms with Gasteiger partial charge in [-0.05, 0) is 37.8 Å². The summed E-state index contributed by atoms with van der Waals surface area (Å²) in [4.78, 5) is 16.2. The lowest BCUT2D eigenvalue weighted by Gasteiger charge is -2.16. The molecule has 0 spiro atoms. The van der Waals surface area contributed by atoms with Crippen molar-refractivity contribution in [1.82, 2.24) is 15.1 Å². The van der Waals surface area contributed by atoms with E-state index in [1.807, 2.05) is 30.1 Å². The number of carbonyl (C=O) groups is 1. The summed E-state index contributed by atoms with van der Waals surface area (Å²) in [5, 5.41) is 2.98. The van der Waals surface area contributed by atoms with Crippen LogP contribution in [-0.4, -0.2) is 43.4 Å². The van der Waals surface area contributed by atoms with E-state index in [-0.39, 0.29) is 5.91 Å². The fraction of sp³-hybridized carbons (Fsp3) is 0.350. The molecular formula is C20H27N3O. The first-order valence-corrected chi connectivity index (χ1v) is 8.24. The Bertz CT molecular complexity index is 623. The van der Waals surface area contributed by atoms with Gasteiger partial charge in [-0.25, -0.2) is 0 Å². The maximum atomic E-state index is 12.1.